The van der Waals surface area contributed by atoms with E-state index in [1.807, 2.05) is 11.8 Å². The third-order valence-electron chi connectivity index (χ3n) is 4.42. The molecular formula is C15H24N4OS. The number of amides is 1. The molecule has 1 aromatic heterocycles. The monoisotopic (exact) mass is 308 g/mol. The van der Waals surface area contributed by atoms with Crippen molar-refractivity contribution in [2.24, 2.45) is 0 Å². The first-order valence-electron chi connectivity index (χ1n) is 7.99. The molecule has 6 heteroatoms. The Bertz CT molecular complexity index is 500. The first-order valence-corrected chi connectivity index (χ1v) is 9.03. The number of aromatic nitrogens is 2. The highest BCUT2D eigenvalue weighted by molar-refractivity contribution is 7.99. The third kappa shape index (κ3) is 3.26. The highest BCUT2D eigenvalue weighted by atomic mass is 32.2. The Kier molecular flexibility index (Phi) is 4.85. The summed E-state index contributed by atoms with van der Waals surface area (Å²) in [6, 6.07) is 0.292. The first-order chi connectivity index (χ1) is 10.3. The topological polar surface area (TPSA) is 69.8 Å². The van der Waals surface area contributed by atoms with Gasteiger partial charge in [0.05, 0.1) is 0 Å². The molecule has 0 bridgehead atoms. The van der Waals surface area contributed by atoms with Crippen molar-refractivity contribution in [3.8, 4) is 0 Å². The minimum Gasteiger partial charge on any atom is -0.347 e. The smallest absolute Gasteiger partial charge is 0.272 e. The highest BCUT2D eigenvalue weighted by Gasteiger charge is 2.29. The van der Waals surface area contributed by atoms with Gasteiger partial charge >= 0.3 is 0 Å². The molecule has 1 aromatic rings. The summed E-state index contributed by atoms with van der Waals surface area (Å²) in [6.45, 7) is 3.88. The molecule has 21 heavy (non-hydrogen) atoms. The van der Waals surface area contributed by atoms with E-state index in [-0.39, 0.29) is 5.91 Å². The summed E-state index contributed by atoms with van der Waals surface area (Å²) >= 11 is 1.97. The molecule has 0 spiro atoms. The van der Waals surface area contributed by atoms with Gasteiger partial charge in [0, 0.05) is 42.1 Å². The standard InChI is InChI=1S/C15H24N4OS/c1-2-21-13-6-4-3-5-12(13)17-15(20)14-10-9-16-8-7-11(10)18-19-14/h12-13,16H,2-9H2,1H3,(H,17,20)(H,18,19). The van der Waals surface area contributed by atoms with Gasteiger partial charge in [-0.25, -0.2) is 0 Å². The van der Waals surface area contributed by atoms with Crippen LogP contribution in [0.25, 0.3) is 0 Å². The van der Waals surface area contributed by atoms with Crippen molar-refractivity contribution in [2.75, 3.05) is 12.3 Å². The van der Waals surface area contributed by atoms with E-state index in [1.54, 1.807) is 0 Å². The predicted molar refractivity (Wildman–Crippen MR) is 85.6 cm³/mol. The lowest BCUT2D eigenvalue weighted by atomic mass is 9.94. The Morgan fingerprint density at radius 1 is 1.43 bits per heavy atom. The lowest BCUT2D eigenvalue weighted by molar-refractivity contribution is 0.0923. The molecule has 2 unspecified atom stereocenters. The molecule has 2 heterocycles. The van der Waals surface area contributed by atoms with Gasteiger partial charge in [0.2, 0.25) is 0 Å². The van der Waals surface area contributed by atoms with Gasteiger partial charge in [-0.05, 0) is 18.6 Å². The van der Waals surface area contributed by atoms with E-state index in [9.17, 15) is 4.79 Å². The number of carbonyl (C=O) groups excluding carboxylic acids is 1. The van der Waals surface area contributed by atoms with Gasteiger partial charge in [-0.1, -0.05) is 19.8 Å². The molecule has 116 valence electrons. The fourth-order valence-corrected chi connectivity index (χ4v) is 4.52. The number of hydrogen-bond acceptors (Lipinski definition) is 4. The normalized spacial score (nSPS) is 25.4. The zero-order chi connectivity index (χ0) is 14.7. The van der Waals surface area contributed by atoms with Gasteiger partial charge in [0.15, 0.2) is 5.69 Å². The fourth-order valence-electron chi connectivity index (χ4n) is 3.33. The molecule has 0 radical (unpaired) electrons. The van der Waals surface area contributed by atoms with Crippen LogP contribution < -0.4 is 10.6 Å². The van der Waals surface area contributed by atoms with E-state index in [0.29, 0.717) is 17.0 Å². The van der Waals surface area contributed by atoms with Crippen LogP contribution in [-0.4, -0.2) is 39.7 Å². The predicted octanol–water partition coefficient (Wildman–Crippen LogP) is 1.85. The maximum absolute atomic E-state index is 12.6. The maximum atomic E-state index is 12.6. The van der Waals surface area contributed by atoms with Gasteiger partial charge < -0.3 is 10.6 Å². The molecule has 5 nitrogen and oxygen atoms in total. The molecule has 1 saturated carbocycles. The molecule has 0 aromatic carbocycles. The van der Waals surface area contributed by atoms with Crippen molar-refractivity contribution in [1.82, 2.24) is 20.8 Å². The zero-order valence-corrected chi connectivity index (χ0v) is 13.4. The second kappa shape index (κ2) is 6.83. The SMILES string of the molecule is CCSC1CCCCC1NC(=O)c1n[nH]c2c1CNCC2. The number of hydrogen-bond donors (Lipinski definition) is 3. The molecule has 2 atom stereocenters. The summed E-state index contributed by atoms with van der Waals surface area (Å²) in [5.74, 6) is 1.10. The van der Waals surface area contributed by atoms with Crippen LogP contribution >= 0.6 is 11.8 Å². The summed E-state index contributed by atoms with van der Waals surface area (Å²) in [5.41, 5.74) is 2.75. The van der Waals surface area contributed by atoms with Gasteiger partial charge in [-0.2, -0.15) is 16.9 Å². The van der Waals surface area contributed by atoms with Crippen LogP contribution in [-0.2, 0) is 13.0 Å². The molecule has 1 amide bonds. The van der Waals surface area contributed by atoms with Crippen LogP contribution in [0.4, 0.5) is 0 Å². The van der Waals surface area contributed by atoms with Crippen LogP contribution in [0.2, 0.25) is 0 Å². The number of rotatable bonds is 4. The third-order valence-corrected chi connectivity index (χ3v) is 5.75. The minimum absolute atomic E-state index is 0.00944. The van der Waals surface area contributed by atoms with Crippen molar-refractivity contribution in [2.45, 2.75) is 56.9 Å². The van der Waals surface area contributed by atoms with E-state index in [1.165, 1.54) is 19.3 Å². The van der Waals surface area contributed by atoms with Crippen LogP contribution in [0.1, 0.15) is 54.4 Å². The average Bonchev–Trinajstić information content (AvgIpc) is 2.93. The number of H-pyrrole nitrogens is 1. The minimum atomic E-state index is -0.00944. The number of nitrogens with zero attached hydrogens (tertiary/aromatic N) is 1. The summed E-state index contributed by atoms with van der Waals surface area (Å²) in [6.07, 6.45) is 5.73. The summed E-state index contributed by atoms with van der Waals surface area (Å²) < 4.78 is 0. The van der Waals surface area contributed by atoms with Crippen molar-refractivity contribution in [3.63, 3.8) is 0 Å². The van der Waals surface area contributed by atoms with Crippen molar-refractivity contribution < 1.29 is 4.79 Å². The molecule has 2 aliphatic rings. The van der Waals surface area contributed by atoms with E-state index in [2.05, 4.69) is 27.8 Å². The van der Waals surface area contributed by atoms with Crippen molar-refractivity contribution >= 4 is 17.7 Å². The number of aromatic amines is 1. The molecule has 1 aliphatic heterocycles. The zero-order valence-electron chi connectivity index (χ0n) is 12.6. The molecule has 0 saturated heterocycles. The molecule has 3 rings (SSSR count). The maximum Gasteiger partial charge on any atom is 0.272 e. The average molecular weight is 308 g/mol. The van der Waals surface area contributed by atoms with Crippen molar-refractivity contribution in [1.29, 1.82) is 0 Å². The second-order valence-electron chi connectivity index (χ2n) is 5.81. The van der Waals surface area contributed by atoms with E-state index < -0.39 is 0 Å². The molecule has 1 aliphatic carbocycles. The molecular weight excluding hydrogens is 284 g/mol. The Balaban J connectivity index is 1.69. The van der Waals surface area contributed by atoms with E-state index in [0.717, 1.165) is 42.9 Å². The Morgan fingerprint density at radius 2 is 2.29 bits per heavy atom. The molecule has 1 fully saturated rings. The number of carbonyl (C=O) groups is 1. The summed E-state index contributed by atoms with van der Waals surface area (Å²) in [4.78, 5) is 12.6. The van der Waals surface area contributed by atoms with Gasteiger partial charge in [0.25, 0.3) is 5.91 Å². The highest BCUT2D eigenvalue weighted by Crippen LogP contribution is 2.29. The number of nitrogens with one attached hydrogen (secondary N) is 3. The molecule has 3 N–H and O–H groups in total. The second-order valence-corrected chi connectivity index (χ2v) is 7.33. The number of thioether (sulfide) groups is 1. The van der Waals surface area contributed by atoms with Gasteiger partial charge in [-0.15, -0.1) is 0 Å². The van der Waals surface area contributed by atoms with Crippen molar-refractivity contribution in [3.05, 3.63) is 17.0 Å². The summed E-state index contributed by atoms with van der Waals surface area (Å²) in [7, 11) is 0. The Labute approximate surface area is 130 Å². The lowest BCUT2D eigenvalue weighted by Gasteiger charge is -2.31. The lowest BCUT2D eigenvalue weighted by Crippen LogP contribution is -2.44. The first kappa shape index (κ1) is 14.9. The van der Waals surface area contributed by atoms with Crippen LogP contribution in [0.5, 0.6) is 0 Å². The van der Waals surface area contributed by atoms with E-state index >= 15 is 0 Å². The fraction of sp³-hybridized carbons (Fsp3) is 0.733. The van der Waals surface area contributed by atoms with Gasteiger partial charge in [0.1, 0.15) is 0 Å². The van der Waals surface area contributed by atoms with E-state index in [4.69, 9.17) is 0 Å². The van der Waals surface area contributed by atoms with Crippen LogP contribution in [0, 0.1) is 0 Å². The number of fused-ring (bicyclic) bond motifs is 1. The quantitative estimate of drug-likeness (QED) is 0.794. The van der Waals surface area contributed by atoms with Crippen LogP contribution in [0.3, 0.4) is 0 Å². The largest absolute Gasteiger partial charge is 0.347 e. The van der Waals surface area contributed by atoms with Crippen LogP contribution in [0.15, 0.2) is 0 Å². The van der Waals surface area contributed by atoms with Gasteiger partial charge in [-0.3, -0.25) is 9.89 Å². The summed E-state index contributed by atoms with van der Waals surface area (Å²) in [5, 5.41) is 14.4. The Hall–Kier alpha value is -1.01. The Morgan fingerprint density at radius 3 is 3.14 bits per heavy atom.